The van der Waals surface area contributed by atoms with Crippen LogP contribution < -0.4 is 0 Å². The molecule has 104 valence electrons. The van der Waals surface area contributed by atoms with E-state index in [1.165, 1.54) is 6.07 Å². The average molecular weight is 267 g/mol. The molecule has 1 fully saturated rings. The maximum atomic E-state index is 13.1. The lowest BCUT2D eigenvalue weighted by Crippen LogP contribution is -2.44. The van der Waals surface area contributed by atoms with Crippen molar-refractivity contribution in [2.24, 2.45) is 0 Å². The quantitative estimate of drug-likeness (QED) is 0.845. The van der Waals surface area contributed by atoms with Crippen molar-refractivity contribution >= 4 is 5.78 Å². The third kappa shape index (κ3) is 3.52. The summed E-state index contributed by atoms with van der Waals surface area (Å²) in [6, 6.07) is 3.42. The maximum Gasteiger partial charge on any atom is 0.180 e. The molecule has 1 saturated heterocycles. The van der Waals surface area contributed by atoms with E-state index in [0.717, 1.165) is 18.6 Å². The van der Waals surface area contributed by atoms with Crippen molar-refractivity contribution < 1.29 is 19.0 Å². The molecule has 0 radical (unpaired) electrons. The number of hydrogen-bond donors (Lipinski definition) is 1. The first-order chi connectivity index (χ1) is 9.10. The van der Waals surface area contributed by atoms with Gasteiger partial charge in [0.25, 0.3) is 0 Å². The number of Topliss-reactive ketones (excluding diaryl/α,β-unsaturated/α-hetero) is 1. The van der Waals surface area contributed by atoms with E-state index in [1.807, 2.05) is 11.8 Å². The summed E-state index contributed by atoms with van der Waals surface area (Å²) < 4.78 is 18.6. The van der Waals surface area contributed by atoms with Crippen LogP contribution in [-0.4, -0.2) is 48.1 Å². The van der Waals surface area contributed by atoms with Gasteiger partial charge in [0.1, 0.15) is 11.6 Å². The molecule has 0 saturated carbocycles. The van der Waals surface area contributed by atoms with Crippen LogP contribution in [0.3, 0.4) is 0 Å². The Morgan fingerprint density at radius 2 is 2.37 bits per heavy atom. The van der Waals surface area contributed by atoms with Gasteiger partial charge in [-0.15, -0.1) is 0 Å². The molecule has 1 aliphatic rings. The Bertz CT molecular complexity index is 464. The normalized spacial score (nSPS) is 20.4. The number of hydrogen-bond acceptors (Lipinski definition) is 4. The number of carbonyl (C=O) groups is 1. The van der Waals surface area contributed by atoms with Gasteiger partial charge in [0.05, 0.1) is 24.8 Å². The molecular formula is C14H18FNO3. The molecule has 4 nitrogen and oxygen atoms in total. The number of phenolic OH excluding ortho intramolecular Hbond substituents is 1. The van der Waals surface area contributed by atoms with Crippen molar-refractivity contribution in [3.63, 3.8) is 0 Å². The van der Waals surface area contributed by atoms with Gasteiger partial charge in [-0.3, -0.25) is 9.69 Å². The lowest BCUT2D eigenvalue weighted by Gasteiger charge is -2.31. The highest BCUT2D eigenvalue weighted by Gasteiger charge is 2.22. The van der Waals surface area contributed by atoms with E-state index in [2.05, 4.69) is 0 Å². The van der Waals surface area contributed by atoms with Gasteiger partial charge in [-0.05, 0) is 24.6 Å². The average Bonchev–Trinajstić information content (AvgIpc) is 2.41. The van der Waals surface area contributed by atoms with Gasteiger partial charge < -0.3 is 9.84 Å². The van der Waals surface area contributed by atoms with E-state index in [-0.39, 0.29) is 29.7 Å². The second-order valence-electron chi connectivity index (χ2n) is 4.72. The largest absolute Gasteiger partial charge is 0.507 e. The van der Waals surface area contributed by atoms with E-state index < -0.39 is 5.82 Å². The number of carbonyl (C=O) groups excluding carboxylic acids is 1. The number of rotatable bonds is 4. The fourth-order valence-corrected chi connectivity index (χ4v) is 2.19. The van der Waals surface area contributed by atoms with E-state index >= 15 is 0 Å². The number of phenols is 1. The van der Waals surface area contributed by atoms with Crippen molar-refractivity contribution in [2.75, 3.05) is 26.2 Å². The zero-order chi connectivity index (χ0) is 13.8. The molecule has 2 rings (SSSR count). The molecule has 0 bridgehead atoms. The fourth-order valence-electron chi connectivity index (χ4n) is 2.19. The SMILES string of the molecule is CCC1CN(CC(=O)c2cc(F)ccc2O)CCO1. The molecule has 5 heteroatoms. The molecule has 1 aliphatic heterocycles. The summed E-state index contributed by atoms with van der Waals surface area (Å²) in [5, 5.41) is 9.60. The Hall–Kier alpha value is -1.46. The van der Waals surface area contributed by atoms with E-state index in [9.17, 15) is 14.3 Å². The minimum atomic E-state index is -0.519. The van der Waals surface area contributed by atoms with Crippen LogP contribution in [0.2, 0.25) is 0 Å². The molecule has 0 aromatic heterocycles. The van der Waals surface area contributed by atoms with Crippen LogP contribution in [0.5, 0.6) is 5.75 Å². The van der Waals surface area contributed by atoms with E-state index in [1.54, 1.807) is 0 Å². The molecule has 1 unspecified atom stereocenters. The zero-order valence-electron chi connectivity index (χ0n) is 10.9. The van der Waals surface area contributed by atoms with Gasteiger partial charge >= 0.3 is 0 Å². The van der Waals surface area contributed by atoms with Crippen molar-refractivity contribution in [3.05, 3.63) is 29.6 Å². The van der Waals surface area contributed by atoms with Crippen LogP contribution in [-0.2, 0) is 4.74 Å². The fraction of sp³-hybridized carbons (Fsp3) is 0.500. The number of nitrogens with zero attached hydrogens (tertiary/aromatic N) is 1. The van der Waals surface area contributed by atoms with E-state index in [4.69, 9.17) is 4.74 Å². The van der Waals surface area contributed by atoms with Crippen LogP contribution >= 0.6 is 0 Å². The van der Waals surface area contributed by atoms with E-state index in [0.29, 0.717) is 19.7 Å². The second-order valence-corrected chi connectivity index (χ2v) is 4.72. The van der Waals surface area contributed by atoms with Gasteiger partial charge in [0.15, 0.2) is 5.78 Å². The molecule has 1 aromatic carbocycles. The lowest BCUT2D eigenvalue weighted by atomic mass is 10.1. The van der Waals surface area contributed by atoms with Crippen LogP contribution in [0.1, 0.15) is 23.7 Å². The van der Waals surface area contributed by atoms with Crippen LogP contribution in [0.4, 0.5) is 4.39 Å². The number of morpholine rings is 1. The molecule has 19 heavy (non-hydrogen) atoms. The minimum absolute atomic E-state index is 0.0412. The molecule has 1 atom stereocenters. The summed E-state index contributed by atoms with van der Waals surface area (Å²) in [5.74, 6) is -0.963. The molecule has 1 heterocycles. The number of ketones is 1. The molecule has 0 aliphatic carbocycles. The van der Waals surface area contributed by atoms with Gasteiger partial charge in [-0.25, -0.2) is 4.39 Å². The highest BCUT2D eigenvalue weighted by atomic mass is 19.1. The van der Waals surface area contributed by atoms with Crippen molar-refractivity contribution in [1.29, 1.82) is 0 Å². The molecule has 0 amide bonds. The van der Waals surface area contributed by atoms with Crippen LogP contribution in [0.25, 0.3) is 0 Å². The Balaban J connectivity index is 2.02. The number of halogens is 1. The lowest BCUT2D eigenvalue weighted by molar-refractivity contribution is -0.0271. The van der Waals surface area contributed by atoms with Crippen molar-refractivity contribution in [3.8, 4) is 5.75 Å². The number of benzene rings is 1. The first-order valence-electron chi connectivity index (χ1n) is 6.45. The van der Waals surface area contributed by atoms with Gasteiger partial charge in [0, 0.05) is 13.1 Å². The van der Waals surface area contributed by atoms with Gasteiger partial charge in [0.2, 0.25) is 0 Å². The maximum absolute atomic E-state index is 13.1. The first-order valence-corrected chi connectivity index (χ1v) is 6.45. The summed E-state index contributed by atoms with van der Waals surface area (Å²) in [5.41, 5.74) is 0.0412. The first kappa shape index (κ1) is 14.0. The minimum Gasteiger partial charge on any atom is -0.507 e. The van der Waals surface area contributed by atoms with Gasteiger partial charge in [-0.1, -0.05) is 6.92 Å². The highest BCUT2D eigenvalue weighted by Crippen LogP contribution is 2.19. The van der Waals surface area contributed by atoms with Crippen molar-refractivity contribution in [2.45, 2.75) is 19.4 Å². The summed E-state index contributed by atoms with van der Waals surface area (Å²) in [6.07, 6.45) is 1.04. The monoisotopic (exact) mass is 267 g/mol. The summed E-state index contributed by atoms with van der Waals surface area (Å²) in [6.45, 7) is 4.18. The summed E-state index contributed by atoms with van der Waals surface area (Å²) in [4.78, 5) is 14.0. The summed E-state index contributed by atoms with van der Waals surface area (Å²) >= 11 is 0. The predicted octanol–water partition coefficient (Wildman–Crippen LogP) is 1.82. The summed E-state index contributed by atoms with van der Waals surface area (Å²) in [7, 11) is 0. The third-order valence-electron chi connectivity index (χ3n) is 3.30. The third-order valence-corrected chi connectivity index (χ3v) is 3.30. The molecule has 1 aromatic rings. The number of aromatic hydroxyl groups is 1. The topological polar surface area (TPSA) is 49.8 Å². The smallest absolute Gasteiger partial charge is 0.180 e. The zero-order valence-corrected chi connectivity index (χ0v) is 10.9. The Morgan fingerprint density at radius 1 is 1.58 bits per heavy atom. The molecular weight excluding hydrogens is 249 g/mol. The Labute approximate surface area is 111 Å². The standard InChI is InChI=1S/C14H18FNO3/c1-2-11-8-16(5-6-19-11)9-14(18)12-7-10(15)3-4-13(12)17/h3-4,7,11,17H,2,5-6,8-9H2,1H3. The Morgan fingerprint density at radius 3 is 3.11 bits per heavy atom. The van der Waals surface area contributed by atoms with Crippen LogP contribution in [0.15, 0.2) is 18.2 Å². The number of ether oxygens (including phenoxy) is 1. The Kier molecular flexibility index (Phi) is 4.50. The highest BCUT2D eigenvalue weighted by molar-refractivity contribution is 6.00. The molecule has 0 spiro atoms. The second kappa shape index (κ2) is 6.12. The van der Waals surface area contributed by atoms with Crippen LogP contribution in [0, 0.1) is 5.82 Å². The molecule has 1 N–H and O–H groups in total. The van der Waals surface area contributed by atoms with Gasteiger partial charge in [-0.2, -0.15) is 0 Å². The van der Waals surface area contributed by atoms with Crippen molar-refractivity contribution in [1.82, 2.24) is 4.90 Å². The predicted molar refractivity (Wildman–Crippen MR) is 68.9 cm³/mol.